The van der Waals surface area contributed by atoms with Gasteiger partial charge in [-0.15, -0.1) is 0 Å². The molecule has 0 N–H and O–H groups in total. The highest BCUT2D eigenvalue weighted by Gasteiger charge is 2.14. The highest BCUT2D eigenvalue weighted by Crippen LogP contribution is 2.15. The molecule has 0 saturated carbocycles. The van der Waals surface area contributed by atoms with Crippen molar-refractivity contribution in [3.8, 4) is 11.8 Å². The number of fused-ring (bicyclic) bond motifs is 1. The van der Waals surface area contributed by atoms with Gasteiger partial charge in [0.05, 0.1) is 17.4 Å². The molecule has 0 aromatic carbocycles. The second-order valence-corrected chi connectivity index (χ2v) is 4.49. The first-order valence-electron chi connectivity index (χ1n) is 6.03. The van der Waals surface area contributed by atoms with Crippen molar-refractivity contribution < 1.29 is 0 Å². The van der Waals surface area contributed by atoms with E-state index in [0.717, 1.165) is 5.69 Å². The molecule has 0 bridgehead atoms. The Hall–Kier alpha value is -2.94. The maximum absolute atomic E-state index is 12.3. The van der Waals surface area contributed by atoms with Crippen molar-refractivity contribution in [1.82, 2.24) is 19.1 Å². The van der Waals surface area contributed by atoms with E-state index in [2.05, 4.69) is 9.97 Å². The number of hydrogen-bond donors (Lipinski definition) is 0. The number of hydrogen-bond acceptors (Lipinski definition) is 4. The summed E-state index contributed by atoms with van der Waals surface area (Å²) in [5.74, 6) is 0. The summed E-state index contributed by atoms with van der Waals surface area (Å²) < 4.78 is 2.96. The van der Waals surface area contributed by atoms with Crippen LogP contribution in [0, 0.1) is 18.3 Å². The molecule has 0 amide bonds. The minimum absolute atomic E-state index is 0.215. The van der Waals surface area contributed by atoms with E-state index in [9.17, 15) is 4.79 Å². The average Bonchev–Trinajstić information content (AvgIpc) is 2.72. The summed E-state index contributed by atoms with van der Waals surface area (Å²) in [5, 5.41) is 8.95. The molecule has 0 saturated heterocycles. The number of nitriles is 1. The molecule has 3 aromatic rings. The largest absolute Gasteiger partial charge is 0.334 e. The first-order chi connectivity index (χ1) is 9.61. The molecule has 0 spiro atoms. The van der Waals surface area contributed by atoms with E-state index in [1.165, 1.54) is 9.13 Å². The smallest absolute Gasteiger partial charge is 0.293 e. The highest BCUT2D eigenvalue weighted by atomic mass is 16.1. The van der Waals surface area contributed by atoms with Gasteiger partial charge in [0.2, 0.25) is 0 Å². The van der Waals surface area contributed by atoms with Gasteiger partial charge >= 0.3 is 5.69 Å². The minimum Gasteiger partial charge on any atom is -0.293 e. The van der Waals surface area contributed by atoms with Crippen LogP contribution in [0.2, 0.25) is 0 Å². The predicted molar refractivity (Wildman–Crippen MR) is 73.6 cm³/mol. The lowest BCUT2D eigenvalue weighted by Crippen LogP contribution is -2.21. The number of aromatic nitrogens is 4. The second-order valence-electron chi connectivity index (χ2n) is 4.49. The zero-order valence-electron chi connectivity index (χ0n) is 11.0. The summed E-state index contributed by atoms with van der Waals surface area (Å²) >= 11 is 0. The summed E-state index contributed by atoms with van der Waals surface area (Å²) in [5.41, 5.74) is 2.70. The number of nitrogens with zero attached hydrogens (tertiary/aromatic N) is 5. The Morgan fingerprint density at radius 2 is 2.05 bits per heavy atom. The lowest BCUT2D eigenvalue weighted by molar-refractivity contribution is 0.842. The normalized spacial score (nSPS) is 10.7. The van der Waals surface area contributed by atoms with Crippen molar-refractivity contribution in [2.24, 2.45) is 7.05 Å². The number of imidazole rings is 1. The average molecular weight is 265 g/mol. The first-order valence-corrected chi connectivity index (χ1v) is 6.03. The predicted octanol–water partition coefficient (Wildman–Crippen LogP) is 1.30. The van der Waals surface area contributed by atoms with Gasteiger partial charge in [-0.1, -0.05) is 0 Å². The molecule has 0 unspecified atom stereocenters. The topological polar surface area (TPSA) is 76.5 Å². The third kappa shape index (κ3) is 1.68. The van der Waals surface area contributed by atoms with Crippen molar-refractivity contribution in [3.63, 3.8) is 0 Å². The van der Waals surface area contributed by atoms with Gasteiger partial charge in [0.1, 0.15) is 11.8 Å². The standard InChI is InChI=1S/C14H11N5O/c1-9-3-5-11(8-16-9)19-13-12(18(2)14(19)20)6-4-10(7-15)17-13/h3-6,8H,1-2H3. The van der Waals surface area contributed by atoms with Crippen molar-refractivity contribution in [1.29, 1.82) is 5.26 Å². The van der Waals surface area contributed by atoms with Gasteiger partial charge in [0.15, 0.2) is 5.65 Å². The van der Waals surface area contributed by atoms with Crippen LogP contribution in [-0.2, 0) is 7.05 Å². The maximum Gasteiger partial charge on any atom is 0.334 e. The van der Waals surface area contributed by atoms with Gasteiger partial charge in [-0.05, 0) is 31.2 Å². The van der Waals surface area contributed by atoms with Crippen LogP contribution in [0.5, 0.6) is 0 Å². The van der Waals surface area contributed by atoms with E-state index in [1.807, 2.05) is 25.1 Å². The van der Waals surface area contributed by atoms with E-state index in [1.54, 1.807) is 25.4 Å². The first kappa shape index (κ1) is 12.1. The number of rotatable bonds is 1. The molecule has 3 heterocycles. The van der Waals surface area contributed by atoms with Crippen LogP contribution in [0.3, 0.4) is 0 Å². The van der Waals surface area contributed by atoms with E-state index in [0.29, 0.717) is 16.9 Å². The van der Waals surface area contributed by atoms with Crippen LogP contribution in [0.15, 0.2) is 35.3 Å². The van der Waals surface area contributed by atoms with Crippen molar-refractivity contribution in [3.05, 3.63) is 52.3 Å². The van der Waals surface area contributed by atoms with Gasteiger partial charge in [-0.3, -0.25) is 9.55 Å². The second kappa shape index (κ2) is 4.31. The van der Waals surface area contributed by atoms with E-state index in [4.69, 9.17) is 5.26 Å². The zero-order valence-corrected chi connectivity index (χ0v) is 11.0. The molecule has 6 heteroatoms. The highest BCUT2D eigenvalue weighted by molar-refractivity contribution is 5.74. The van der Waals surface area contributed by atoms with Gasteiger partial charge in [-0.25, -0.2) is 14.3 Å². The lowest BCUT2D eigenvalue weighted by Gasteiger charge is -2.02. The number of pyridine rings is 2. The van der Waals surface area contributed by atoms with Gasteiger partial charge < -0.3 is 0 Å². The Morgan fingerprint density at radius 3 is 2.70 bits per heavy atom. The SMILES string of the molecule is Cc1ccc(-n2c(=O)n(C)c3ccc(C#N)nc32)cn1. The molecule has 0 aliphatic heterocycles. The van der Waals surface area contributed by atoms with Crippen LogP contribution in [0.25, 0.3) is 16.9 Å². The Kier molecular flexibility index (Phi) is 2.61. The third-order valence-corrected chi connectivity index (χ3v) is 3.17. The summed E-state index contributed by atoms with van der Waals surface area (Å²) in [7, 11) is 1.68. The Labute approximate surface area is 114 Å². The fraction of sp³-hybridized carbons (Fsp3) is 0.143. The lowest BCUT2D eigenvalue weighted by atomic mass is 10.3. The Balaban J connectivity index is 2.40. The molecule has 3 aromatic heterocycles. The number of aryl methyl sites for hydroxylation is 2. The van der Waals surface area contributed by atoms with Crippen LogP contribution in [0.4, 0.5) is 0 Å². The fourth-order valence-corrected chi connectivity index (χ4v) is 2.10. The summed E-state index contributed by atoms with van der Waals surface area (Å²) in [6.45, 7) is 1.88. The third-order valence-electron chi connectivity index (χ3n) is 3.17. The molecular weight excluding hydrogens is 254 g/mol. The minimum atomic E-state index is -0.215. The van der Waals surface area contributed by atoms with Gasteiger partial charge in [0.25, 0.3) is 0 Å². The van der Waals surface area contributed by atoms with Gasteiger partial charge in [0, 0.05) is 12.7 Å². The van der Waals surface area contributed by atoms with Crippen molar-refractivity contribution in [2.75, 3.05) is 0 Å². The molecule has 6 nitrogen and oxygen atoms in total. The molecule has 0 aliphatic carbocycles. The van der Waals surface area contributed by atoms with Crippen molar-refractivity contribution in [2.45, 2.75) is 6.92 Å². The molecule has 0 radical (unpaired) electrons. The Morgan fingerprint density at radius 1 is 1.25 bits per heavy atom. The maximum atomic E-state index is 12.3. The van der Waals surface area contributed by atoms with Crippen LogP contribution >= 0.6 is 0 Å². The molecule has 0 atom stereocenters. The van der Waals surface area contributed by atoms with E-state index in [-0.39, 0.29) is 11.4 Å². The molecule has 0 aliphatic rings. The van der Waals surface area contributed by atoms with E-state index < -0.39 is 0 Å². The molecule has 0 fully saturated rings. The molecular formula is C14H11N5O. The summed E-state index contributed by atoms with van der Waals surface area (Å²) in [4.78, 5) is 20.8. The molecule has 20 heavy (non-hydrogen) atoms. The van der Waals surface area contributed by atoms with Crippen molar-refractivity contribution >= 4 is 11.2 Å². The fourth-order valence-electron chi connectivity index (χ4n) is 2.10. The van der Waals surface area contributed by atoms with Gasteiger partial charge in [-0.2, -0.15) is 5.26 Å². The Bertz CT molecular complexity index is 896. The zero-order chi connectivity index (χ0) is 14.3. The van der Waals surface area contributed by atoms with Crippen LogP contribution in [-0.4, -0.2) is 19.1 Å². The quantitative estimate of drug-likeness (QED) is 0.664. The monoisotopic (exact) mass is 265 g/mol. The molecule has 3 rings (SSSR count). The van der Waals surface area contributed by atoms with Crippen LogP contribution in [0.1, 0.15) is 11.4 Å². The van der Waals surface area contributed by atoms with Crippen LogP contribution < -0.4 is 5.69 Å². The molecule has 98 valence electrons. The van der Waals surface area contributed by atoms with E-state index >= 15 is 0 Å². The summed E-state index contributed by atoms with van der Waals surface area (Å²) in [6, 6.07) is 8.94. The summed E-state index contributed by atoms with van der Waals surface area (Å²) in [6.07, 6.45) is 1.62.